The van der Waals surface area contributed by atoms with Crippen molar-refractivity contribution in [3.63, 3.8) is 0 Å². The molecule has 0 amide bonds. The molecule has 0 N–H and O–H groups in total. The number of hydrogen-bond acceptors (Lipinski definition) is 7. The molecule has 5 rings (SSSR count). The van der Waals surface area contributed by atoms with Crippen molar-refractivity contribution in [3.8, 4) is 5.75 Å². The molecule has 158 valence electrons. The molecule has 0 saturated carbocycles. The number of aromatic nitrogens is 4. The Labute approximate surface area is 175 Å². The topological polar surface area (TPSA) is 92.9 Å². The highest BCUT2D eigenvalue weighted by molar-refractivity contribution is 7.89. The van der Waals surface area contributed by atoms with Gasteiger partial charge in [0.25, 0.3) is 0 Å². The zero-order valence-electron chi connectivity index (χ0n) is 17.0. The van der Waals surface area contributed by atoms with Gasteiger partial charge in [-0.05, 0) is 49.9 Å². The van der Waals surface area contributed by atoms with Gasteiger partial charge in [-0.2, -0.15) is 8.82 Å². The number of aryl methyl sites for hydroxylation is 1. The van der Waals surface area contributed by atoms with Gasteiger partial charge in [-0.25, -0.2) is 8.42 Å². The van der Waals surface area contributed by atoms with Crippen LogP contribution in [-0.4, -0.2) is 65.3 Å². The lowest BCUT2D eigenvalue weighted by Crippen LogP contribution is -2.33. The fraction of sp³-hybridized carbons (Fsp3) is 0.450. The van der Waals surface area contributed by atoms with Gasteiger partial charge in [-0.15, -0.1) is 15.3 Å². The Kier molecular flexibility index (Phi) is 4.62. The van der Waals surface area contributed by atoms with Crippen LogP contribution >= 0.6 is 0 Å². The molecule has 2 aliphatic rings. The smallest absolute Gasteiger partial charge is 0.246 e. The van der Waals surface area contributed by atoms with Crippen LogP contribution in [0, 0.1) is 18.8 Å². The first-order valence-electron chi connectivity index (χ1n) is 10.1. The zero-order valence-corrected chi connectivity index (χ0v) is 17.8. The first-order valence-corrected chi connectivity index (χ1v) is 11.6. The maximum absolute atomic E-state index is 13.3. The lowest BCUT2D eigenvalue weighted by molar-refractivity contribution is 0.329. The predicted molar refractivity (Wildman–Crippen MR) is 111 cm³/mol. The minimum absolute atomic E-state index is 0.249. The van der Waals surface area contributed by atoms with Gasteiger partial charge in [0.2, 0.25) is 10.0 Å². The van der Waals surface area contributed by atoms with E-state index in [9.17, 15) is 8.42 Å². The third-order valence-corrected chi connectivity index (χ3v) is 7.82. The van der Waals surface area contributed by atoms with E-state index in [2.05, 4.69) is 20.2 Å². The standard InChI is InChI=1S/C20H24N6O3S/c1-3-29-17-6-4-5-7-18(17)30(27,28)25-12-15-10-24(11-16(15)13-25)20-9-8-19-22-21-14(2)26(19)23-20/h4-9,15-16H,3,10-13H2,1-2H3. The molecule has 10 heteroatoms. The second-order valence-corrected chi connectivity index (χ2v) is 9.74. The Morgan fingerprint density at radius 3 is 2.50 bits per heavy atom. The van der Waals surface area contributed by atoms with Crippen molar-refractivity contribution in [1.29, 1.82) is 0 Å². The average molecular weight is 429 g/mol. The highest BCUT2D eigenvalue weighted by Gasteiger charge is 2.45. The van der Waals surface area contributed by atoms with Crippen molar-refractivity contribution in [2.75, 3.05) is 37.7 Å². The van der Waals surface area contributed by atoms with E-state index in [1.54, 1.807) is 33.1 Å². The Morgan fingerprint density at radius 2 is 1.77 bits per heavy atom. The van der Waals surface area contributed by atoms with Gasteiger partial charge >= 0.3 is 0 Å². The van der Waals surface area contributed by atoms with Crippen LogP contribution in [0.25, 0.3) is 5.65 Å². The van der Waals surface area contributed by atoms with E-state index in [0.29, 0.717) is 25.4 Å². The molecular formula is C20H24N6O3S. The summed E-state index contributed by atoms with van der Waals surface area (Å²) in [4.78, 5) is 2.48. The van der Waals surface area contributed by atoms with E-state index in [0.717, 1.165) is 30.4 Å². The van der Waals surface area contributed by atoms with Gasteiger partial charge in [0.15, 0.2) is 11.5 Å². The van der Waals surface area contributed by atoms with Gasteiger partial charge in [0.1, 0.15) is 16.5 Å². The number of anilines is 1. The largest absolute Gasteiger partial charge is 0.492 e. The fourth-order valence-corrected chi connectivity index (χ4v) is 6.15. The summed E-state index contributed by atoms with van der Waals surface area (Å²) < 4.78 is 35.4. The van der Waals surface area contributed by atoms with E-state index >= 15 is 0 Å². The summed E-state index contributed by atoms with van der Waals surface area (Å²) in [6, 6.07) is 10.7. The molecule has 2 saturated heterocycles. The van der Waals surface area contributed by atoms with Crippen LogP contribution in [0.15, 0.2) is 41.3 Å². The van der Waals surface area contributed by atoms with Crippen molar-refractivity contribution in [3.05, 3.63) is 42.2 Å². The van der Waals surface area contributed by atoms with E-state index in [-0.39, 0.29) is 16.7 Å². The van der Waals surface area contributed by atoms with Gasteiger partial charge in [-0.1, -0.05) is 12.1 Å². The average Bonchev–Trinajstić information content (AvgIpc) is 3.42. The lowest BCUT2D eigenvalue weighted by atomic mass is 10.0. The number of hydrogen-bond donors (Lipinski definition) is 0. The van der Waals surface area contributed by atoms with E-state index < -0.39 is 10.0 Å². The van der Waals surface area contributed by atoms with Crippen molar-refractivity contribution >= 4 is 21.5 Å². The van der Waals surface area contributed by atoms with Gasteiger partial charge in [0, 0.05) is 26.2 Å². The molecule has 2 unspecified atom stereocenters. The summed E-state index contributed by atoms with van der Waals surface area (Å²) in [5, 5.41) is 12.8. The normalized spacial score (nSPS) is 22.0. The second-order valence-electron chi connectivity index (χ2n) is 7.84. The molecule has 3 aromatic rings. The molecule has 30 heavy (non-hydrogen) atoms. The maximum Gasteiger partial charge on any atom is 0.246 e. The number of nitrogens with zero attached hydrogens (tertiary/aromatic N) is 6. The summed E-state index contributed by atoms with van der Waals surface area (Å²) in [6.07, 6.45) is 0. The Bertz CT molecular complexity index is 1180. The molecule has 2 aromatic heterocycles. The third kappa shape index (κ3) is 3.10. The number of rotatable bonds is 5. The second kappa shape index (κ2) is 7.21. The monoisotopic (exact) mass is 428 g/mol. The Morgan fingerprint density at radius 1 is 1.03 bits per heavy atom. The van der Waals surface area contributed by atoms with Gasteiger partial charge < -0.3 is 9.64 Å². The van der Waals surface area contributed by atoms with Crippen LogP contribution in [-0.2, 0) is 10.0 Å². The molecule has 0 bridgehead atoms. The lowest BCUT2D eigenvalue weighted by Gasteiger charge is -2.23. The quantitative estimate of drug-likeness (QED) is 0.609. The van der Waals surface area contributed by atoms with Crippen LogP contribution in [0.2, 0.25) is 0 Å². The number of ether oxygens (including phenoxy) is 1. The molecule has 2 aliphatic heterocycles. The first kappa shape index (κ1) is 19.3. The fourth-order valence-electron chi connectivity index (χ4n) is 4.47. The van der Waals surface area contributed by atoms with Gasteiger partial charge in [-0.3, -0.25) is 0 Å². The van der Waals surface area contributed by atoms with Crippen molar-refractivity contribution < 1.29 is 13.2 Å². The summed E-state index contributed by atoms with van der Waals surface area (Å²) in [5.41, 5.74) is 0.723. The highest BCUT2D eigenvalue weighted by Crippen LogP contribution is 2.37. The van der Waals surface area contributed by atoms with Crippen LogP contribution in [0.5, 0.6) is 5.75 Å². The summed E-state index contributed by atoms with van der Waals surface area (Å²) >= 11 is 0. The number of benzene rings is 1. The minimum Gasteiger partial charge on any atom is -0.492 e. The van der Waals surface area contributed by atoms with Crippen molar-refractivity contribution in [2.24, 2.45) is 11.8 Å². The number of fused-ring (bicyclic) bond motifs is 2. The number of para-hydroxylation sites is 1. The molecular weight excluding hydrogens is 404 g/mol. The number of sulfonamides is 1. The SMILES string of the molecule is CCOc1ccccc1S(=O)(=O)N1CC2CN(c3ccc4nnc(C)n4n3)CC2C1. The van der Waals surface area contributed by atoms with Crippen molar-refractivity contribution in [2.45, 2.75) is 18.7 Å². The van der Waals surface area contributed by atoms with Gasteiger partial charge in [0.05, 0.1) is 6.61 Å². The molecule has 2 fully saturated rings. The third-order valence-electron chi connectivity index (χ3n) is 5.95. The molecule has 1 aromatic carbocycles. The molecule has 0 aliphatic carbocycles. The Balaban J connectivity index is 1.33. The van der Waals surface area contributed by atoms with Crippen LogP contribution in [0.3, 0.4) is 0 Å². The van der Waals surface area contributed by atoms with Crippen LogP contribution in [0.1, 0.15) is 12.7 Å². The summed E-state index contributed by atoms with van der Waals surface area (Å²) in [6.45, 7) is 6.74. The Hall–Kier alpha value is -2.72. The van der Waals surface area contributed by atoms with Crippen LogP contribution in [0.4, 0.5) is 5.82 Å². The van der Waals surface area contributed by atoms with E-state index in [1.165, 1.54) is 0 Å². The molecule has 0 radical (unpaired) electrons. The maximum atomic E-state index is 13.3. The summed E-state index contributed by atoms with van der Waals surface area (Å²) in [7, 11) is -3.59. The van der Waals surface area contributed by atoms with Crippen molar-refractivity contribution in [1.82, 2.24) is 24.1 Å². The zero-order chi connectivity index (χ0) is 20.9. The molecule has 9 nitrogen and oxygen atoms in total. The molecule has 0 spiro atoms. The van der Waals surface area contributed by atoms with E-state index in [4.69, 9.17) is 4.74 Å². The summed E-state index contributed by atoms with van der Waals surface area (Å²) in [5.74, 6) is 2.59. The predicted octanol–water partition coefficient (Wildman–Crippen LogP) is 1.59. The highest BCUT2D eigenvalue weighted by atomic mass is 32.2. The first-order chi connectivity index (χ1) is 14.5. The van der Waals surface area contributed by atoms with Crippen LogP contribution < -0.4 is 9.64 Å². The minimum atomic E-state index is -3.59. The molecule has 2 atom stereocenters. The molecule has 4 heterocycles. The van der Waals surface area contributed by atoms with E-state index in [1.807, 2.05) is 26.0 Å².